The maximum Gasteiger partial charge on any atom is 0.346 e. The molecule has 3 atom stereocenters. The topological polar surface area (TPSA) is 102 Å². The van der Waals surface area contributed by atoms with Gasteiger partial charge in [0.15, 0.2) is 12.7 Å². The van der Waals surface area contributed by atoms with Crippen LogP contribution in [-0.2, 0) is 19.1 Å². The first-order chi connectivity index (χ1) is 10.8. The monoisotopic (exact) mass is 364 g/mol. The summed E-state index contributed by atoms with van der Waals surface area (Å²) in [7, 11) is 0. The number of ether oxygens (including phenoxy) is 3. The molecule has 0 bridgehead atoms. The number of rotatable bonds is 5. The fourth-order valence-electron chi connectivity index (χ4n) is 2.00. The minimum atomic E-state index is -1.23. The Bertz CT molecular complexity index is 592. The normalized spacial score (nSPS) is 24.0. The van der Waals surface area contributed by atoms with Crippen LogP contribution in [0.4, 0.5) is 0 Å². The van der Waals surface area contributed by atoms with Crippen LogP contribution in [0.15, 0.2) is 18.2 Å². The molecule has 0 radical (unpaired) electrons. The maximum atomic E-state index is 11.7. The highest BCUT2D eigenvalue weighted by Crippen LogP contribution is 2.27. The van der Waals surface area contributed by atoms with E-state index in [0.717, 1.165) is 0 Å². The maximum absolute atomic E-state index is 11.7. The Morgan fingerprint density at radius 3 is 2.70 bits per heavy atom. The molecule has 7 nitrogen and oxygen atoms in total. The molecule has 0 saturated carbocycles. The zero-order valence-electron chi connectivity index (χ0n) is 11.8. The van der Waals surface area contributed by atoms with E-state index in [1.165, 1.54) is 12.1 Å². The van der Waals surface area contributed by atoms with Gasteiger partial charge >= 0.3 is 11.9 Å². The van der Waals surface area contributed by atoms with Crippen molar-refractivity contribution >= 4 is 35.1 Å². The lowest BCUT2D eigenvalue weighted by molar-refractivity contribution is -0.222. The summed E-state index contributed by atoms with van der Waals surface area (Å²) in [6.07, 6.45) is -3.34. The molecule has 2 N–H and O–H groups in total. The van der Waals surface area contributed by atoms with Gasteiger partial charge < -0.3 is 24.4 Å². The number of hydrogen-bond donors (Lipinski definition) is 2. The van der Waals surface area contributed by atoms with Gasteiger partial charge in [-0.1, -0.05) is 23.2 Å². The van der Waals surface area contributed by atoms with Crippen LogP contribution in [0.2, 0.25) is 10.0 Å². The molecule has 9 heteroatoms. The molecule has 0 aromatic heterocycles. The van der Waals surface area contributed by atoms with Gasteiger partial charge in [-0.2, -0.15) is 0 Å². The van der Waals surface area contributed by atoms with Crippen LogP contribution in [-0.4, -0.2) is 47.3 Å². The Morgan fingerprint density at radius 1 is 1.30 bits per heavy atom. The molecule has 1 saturated heterocycles. The van der Waals surface area contributed by atoms with E-state index in [1.54, 1.807) is 6.07 Å². The molecule has 1 aliphatic rings. The van der Waals surface area contributed by atoms with E-state index in [0.29, 0.717) is 5.02 Å². The van der Waals surface area contributed by atoms with Gasteiger partial charge in [0.1, 0.15) is 5.75 Å². The third kappa shape index (κ3) is 5.24. The molecular weight excluding hydrogens is 351 g/mol. The Kier molecular flexibility index (Phi) is 6.06. The number of aliphatic hydroxyl groups excluding tert-OH is 1. The second-order valence-electron chi connectivity index (χ2n) is 4.87. The summed E-state index contributed by atoms with van der Waals surface area (Å²) < 4.78 is 15.2. The van der Waals surface area contributed by atoms with Crippen molar-refractivity contribution in [3.05, 3.63) is 28.2 Å². The Balaban J connectivity index is 1.85. The number of carbonyl (C=O) groups excluding carboxylic acids is 1. The summed E-state index contributed by atoms with van der Waals surface area (Å²) in [6, 6.07) is 4.51. The van der Waals surface area contributed by atoms with Gasteiger partial charge in [0.25, 0.3) is 0 Å². The lowest BCUT2D eigenvalue weighted by Gasteiger charge is -2.30. The van der Waals surface area contributed by atoms with E-state index in [-0.39, 0.29) is 23.6 Å². The van der Waals surface area contributed by atoms with Gasteiger partial charge in [0.05, 0.1) is 11.1 Å². The highest BCUT2D eigenvalue weighted by atomic mass is 35.5. The van der Waals surface area contributed by atoms with Crippen molar-refractivity contribution in [3.8, 4) is 5.75 Å². The largest absolute Gasteiger partial charge is 0.480 e. The van der Waals surface area contributed by atoms with Gasteiger partial charge in [-0.3, -0.25) is 0 Å². The average molecular weight is 365 g/mol. The molecule has 1 aromatic rings. The van der Waals surface area contributed by atoms with E-state index >= 15 is 0 Å². The first-order valence-electron chi connectivity index (χ1n) is 6.69. The van der Waals surface area contributed by atoms with Crippen molar-refractivity contribution in [1.82, 2.24) is 0 Å². The second-order valence-corrected chi connectivity index (χ2v) is 5.71. The van der Waals surface area contributed by atoms with Crippen molar-refractivity contribution in [3.63, 3.8) is 0 Å². The predicted molar refractivity (Wildman–Crippen MR) is 79.6 cm³/mol. The fourth-order valence-corrected chi connectivity index (χ4v) is 2.47. The zero-order chi connectivity index (χ0) is 17.0. The lowest BCUT2D eigenvalue weighted by atomic mass is 10.1. The molecule has 0 amide bonds. The Morgan fingerprint density at radius 2 is 2.04 bits per heavy atom. The van der Waals surface area contributed by atoms with E-state index in [9.17, 15) is 14.7 Å². The van der Waals surface area contributed by atoms with Crippen molar-refractivity contribution in [2.45, 2.75) is 31.3 Å². The van der Waals surface area contributed by atoms with Gasteiger partial charge in [-0.05, 0) is 18.2 Å². The predicted octanol–water partition coefficient (Wildman–Crippen LogP) is 1.87. The number of benzene rings is 1. The summed E-state index contributed by atoms with van der Waals surface area (Å²) >= 11 is 11.6. The summed E-state index contributed by atoms with van der Waals surface area (Å²) in [5.41, 5.74) is 0. The SMILES string of the molecule is O=C(COc1ccc(Cl)cc1Cl)OC1CC(O)CC(C(=O)O)O1. The van der Waals surface area contributed by atoms with E-state index in [2.05, 4.69) is 0 Å². The van der Waals surface area contributed by atoms with Crippen LogP contribution in [0.3, 0.4) is 0 Å². The Labute approximate surface area is 141 Å². The standard InChI is InChI=1S/C14H14Cl2O7/c15-7-1-2-10(9(16)3-7)21-6-12(18)23-13-5-8(17)4-11(22-13)14(19)20/h1-3,8,11,13,17H,4-6H2,(H,19,20). The molecular formula is C14H14Cl2O7. The molecule has 1 heterocycles. The quantitative estimate of drug-likeness (QED) is 0.768. The molecule has 1 aromatic carbocycles. The summed E-state index contributed by atoms with van der Waals surface area (Å²) in [5, 5.41) is 19.1. The lowest BCUT2D eigenvalue weighted by Crippen LogP contribution is -2.42. The number of hydrogen-bond acceptors (Lipinski definition) is 6. The summed E-state index contributed by atoms with van der Waals surface area (Å²) in [6.45, 7) is -0.449. The van der Waals surface area contributed by atoms with Crippen LogP contribution in [0.1, 0.15) is 12.8 Å². The van der Waals surface area contributed by atoms with Gasteiger partial charge in [-0.25, -0.2) is 9.59 Å². The van der Waals surface area contributed by atoms with Crippen molar-refractivity contribution in [2.24, 2.45) is 0 Å². The van der Waals surface area contributed by atoms with Crippen molar-refractivity contribution in [2.75, 3.05) is 6.61 Å². The number of halogens is 2. The van der Waals surface area contributed by atoms with Crippen molar-refractivity contribution < 1.29 is 34.0 Å². The fraction of sp³-hybridized carbons (Fsp3) is 0.429. The van der Waals surface area contributed by atoms with Gasteiger partial charge in [-0.15, -0.1) is 0 Å². The van der Waals surface area contributed by atoms with Crippen LogP contribution < -0.4 is 4.74 Å². The second kappa shape index (κ2) is 7.83. The molecule has 126 valence electrons. The highest BCUT2D eigenvalue weighted by Gasteiger charge is 2.34. The van der Waals surface area contributed by atoms with Crippen LogP contribution in [0.5, 0.6) is 5.75 Å². The van der Waals surface area contributed by atoms with Crippen LogP contribution >= 0.6 is 23.2 Å². The Hall–Kier alpha value is -1.54. The van der Waals surface area contributed by atoms with E-state index < -0.39 is 37.0 Å². The molecule has 0 aliphatic carbocycles. The minimum Gasteiger partial charge on any atom is -0.480 e. The summed E-state index contributed by atoms with van der Waals surface area (Å²) in [4.78, 5) is 22.6. The molecule has 0 spiro atoms. The molecule has 2 rings (SSSR count). The first-order valence-corrected chi connectivity index (χ1v) is 7.44. The third-order valence-electron chi connectivity index (χ3n) is 3.04. The van der Waals surface area contributed by atoms with Crippen molar-refractivity contribution in [1.29, 1.82) is 0 Å². The van der Waals surface area contributed by atoms with Gasteiger partial charge in [0, 0.05) is 17.9 Å². The number of aliphatic carboxylic acids is 1. The first kappa shape index (κ1) is 17.8. The van der Waals surface area contributed by atoms with Gasteiger partial charge in [0.2, 0.25) is 6.29 Å². The molecule has 3 unspecified atom stereocenters. The van der Waals surface area contributed by atoms with Crippen LogP contribution in [0.25, 0.3) is 0 Å². The highest BCUT2D eigenvalue weighted by molar-refractivity contribution is 6.35. The number of carboxylic acid groups (broad SMARTS) is 1. The summed E-state index contributed by atoms with van der Waals surface area (Å²) in [5.74, 6) is -1.76. The average Bonchev–Trinajstić information content (AvgIpc) is 2.45. The minimum absolute atomic E-state index is 0.00276. The number of aliphatic hydroxyl groups is 1. The molecule has 23 heavy (non-hydrogen) atoms. The smallest absolute Gasteiger partial charge is 0.346 e. The van der Waals surface area contributed by atoms with E-state index in [1.807, 2.05) is 0 Å². The third-order valence-corrected chi connectivity index (χ3v) is 3.57. The molecule has 1 fully saturated rings. The number of esters is 1. The zero-order valence-corrected chi connectivity index (χ0v) is 13.3. The number of carboxylic acids is 1. The molecule has 1 aliphatic heterocycles. The van der Waals surface area contributed by atoms with Crippen LogP contribution in [0, 0.1) is 0 Å². The van der Waals surface area contributed by atoms with E-state index in [4.69, 9.17) is 42.5 Å². The number of carbonyl (C=O) groups is 2.